The summed E-state index contributed by atoms with van der Waals surface area (Å²) in [5.74, 6) is -0.0452. The van der Waals surface area contributed by atoms with Gasteiger partial charge in [0, 0.05) is 0 Å². The van der Waals surface area contributed by atoms with E-state index in [9.17, 15) is 4.79 Å². The summed E-state index contributed by atoms with van der Waals surface area (Å²) in [6, 6.07) is 7.66. The van der Waals surface area contributed by atoms with Crippen LogP contribution in [0.2, 0.25) is 0 Å². The van der Waals surface area contributed by atoms with Crippen LogP contribution in [0, 0.1) is 0 Å². The molecule has 0 saturated heterocycles. The lowest BCUT2D eigenvalue weighted by molar-refractivity contribution is -0.119. The Morgan fingerprint density at radius 2 is 1.87 bits per heavy atom. The maximum atomic E-state index is 11.9. The van der Waals surface area contributed by atoms with Crippen molar-refractivity contribution in [3.8, 4) is 0 Å². The Bertz CT molecular complexity index is 437. The average Bonchev–Trinajstić information content (AvgIpc) is 2.23. The molecule has 1 aliphatic rings. The summed E-state index contributed by atoms with van der Waals surface area (Å²) in [6.07, 6.45) is 3.34. The number of carbonyl (C=O) groups excluding carboxylic acids is 1. The number of allylic oxidation sites excluding steroid dienone is 1. The quantitative estimate of drug-likeness (QED) is 0.689. The van der Waals surface area contributed by atoms with E-state index in [-0.39, 0.29) is 5.78 Å². The topological polar surface area (TPSA) is 17.1 Å². The van der Waals surface area contributed by atoms with E-state index in [1.54, 1.807) is 19.1 Å². The van der Waals surface area contributed by atoms with Crippen LogP contribution in [-0.4, -0.2) is 10.6 Å². The Morgan fingerprint density at radius 1 is 1.20 bits per heavy atom. The number of hydrogen-bond acceptors (Lipinski definition) is 1. The van der Waals surface area contributed by atoms with Gasteiger partial charge in [-0.25, -0.2) is 0 Å². The predicted molar refractivity (Wildman–Crippen MR) is 63.3 cm³/mol. The molecule has 0 N–H and O–H groups in total. The molecule has 15 heavy (non-hydrogen) atoms. The lowest BCUT2D eigenvalue weighted by atomic mass is 9.74. The largest absolute Gasteiger partial charge is 0.294 e. The van der Waals surface area contributed by atoms with Crippen molar-refractivity contribution in [3.05, 3.63) is 41.5 Å². The molecule has 0 saturated carbocycles. The fourth-order valence-electron chi connectivity index (χ4n) is 1.81. The Labute approximate surface area is 98.7 Å². The van der Waals surface area contributed by atoms with Crippen molar-refractivity contribution >= 4 is 35.1 Å². The number of alkyl halides is 2. The molecule has 1 aromatic rings. The lowest BCUT2D eigenvalue weighted by Gasteiger charge is -2.32. The Kier molecular flexibility index (Phi) is 2.61. The monoisotopic (exact) mass is 240 g/mol. The molecule has 2 rings (SSSR count). The van der Waals surface area contributed by atoms with E-state index in [0.717, 1.165) is 11.1 Å². The summed E-state index contributed by atoms with van der Waals surface area (Å²) in [7, 11) is 0. The first-order valence-corrected chi connectivity index (χ1v) is 5.54. The Balaban J connectivity index is 2.66. The number of hydrogen-bond donors (Lipinski definition) is 0. The van der Waals surface area contributed by atoms with Crippen LogP contribution in [0.3, 0.4) is 0 Å². The highest BCUT2D eigenvalue weighted by atomic mass is 35.5. The van der Waals surface area contributed by atoms with E-state index in [1.807, 2.05) is 24.3 Å². The van der Waals surface area contributed by atoms with Gasteiger partial charge in [-0.1, -0.05) is 30.3 Å². The van der Waals surface area contributed by atoms with Crippen LogP contribution in [-0.2, 0) is 10.2 Å². The zero-order valence-corrected chi connectivity index (χ0v) is 9.72. The highest BCUT2D eigenvalue weighted by Crippen LogP contribution is 2.39. The van der Waals surface area contributed by atoms with Gasteiger partial charge in [-0.15, -0.1) is 23.2 Å². The molecule has 1 unspecified atom stereocenters. The standard InChI is InChI=1S/C12H10Cl2O/c1-12(11(13)14)9-5-3-2-4-8(9)6-7-10(12)15/h2-7,11H,1H3. The van der Waals surface area contributed by atoms with Gasteiger partial charge in [0.05, 0.1) is 5.41 Å². The van der Waals surface area contributed by atoms with Crippen molar-refractivity contribution in [2.45, 2.75) is 17.2 Å². The van der Waals surface area contributed by atoms with Gasteiger partial charge in [-0.05, 0) is 24.1 Å². The second-order valence-corrected chi connectivity index (χ2v) is 4.88. The maximum Gasteiger partial charge on any atom is 0.168 e. The number of carbonyl (C=O) groups is 1. The van der Waals surface area contributed by atoms with E-state index in [2.05, 4.69) is 0 Å². The van der Waals surface area contributed by atoms with Gasteiger partial charge in [0.25, 0.3) is 0 Å². The second-order valence-electron chi connectivity index (χ2n) is 3.79. The highest BCUT2D eigenvalue weighted by Gasteiger charge is 2.42. The van der Waals surface area contributed by atoms with Crippen LogP contribution in [0.15, 0.2) is 30.3 Å². The molecule has 78 valence electrons. The van der Waals surface area contributed by atoms with E-state index in [4.69, 9.17) is 23.2 Å². The zero-order chi connectivity index (χ0) is 11.1. The smallest absolute Gasteiger partial charge is 0.168 e. The van der Waals surface area contributed by atoms with E-state index < -0.39 is 10.3 Å². The second kappa shape index (κ2) is 3.66. The van der Waals surface area contributed by atoms with Crippen LogP contribution in [0.4, 0.5) is 0 Å². The summed E-state index contributed by atoms with van der Waals surface area (Å²) in [6.45, 7) is 1.78. The first kappa shape index (κ1) is 10.7. The molecule has 0 aliphatic heterocycles. The molecule has 0 bridgehead atoms. The van der Waals surface area contributed by atoms with Gasteiger partial charge >= 0.3 is 0 Å². The summed E-state index contributed by atoms with van der Waals surface area (Å²) in [4.78, 5) is 11.1. The molecule has 0 heterocycles. The molecule has 0 amide bonds. The maximum absolute atomic E-state index is 11.9. The SMILES string of the molecule is CC1(C(Cl)Cl)C(=O)C=Cc2ccccc21. The molecule has 1 aliphatic carbocycles. The molecule has 0 radical (unpaired) electrons. The summed E-state index contributed by atoms with van der Waals surface area (Å²) >= 11 is 11.9. The van der Waals surface area contributed by atoms with Crippen molar-refractivity contribution in [1.29, 1.82) is 0 Å². The molecular formula is C12H10Cl2O. The van der Waals surface area contributed by atoms with E-state index in [1.165, 1.54) is 0 Å². The summed E-state index contributed by atoms with van der Waals surface area (Å²) in [5.41, 5.74) is 1.08. The zero-order valence-electron chi connectivity index (χ0n) is 8.21. The van der Waals surface area contributed by atoms with Crippen LogP contribution in [0.5, 0.6) is 0 Å². The van der Waals surface area contributed by atoms with E-state index >= 15 is 0 Å². The van der Waals surface area contributed by atoms with Gasteiger partial charge in [0.2, 0.25) is 0 Å². The third-order valence-corrected chi connectivity index (χ3v) is 3.76. The molecule has 0 aromatic heterocycles. The third kappa shape index (κ3) is 1.51. The minimum Gasteiger partial charge on any atom is -0.294 e. The third-order valence-electron chi connectivity index (χ3n) is 2.88. The minimum atomic E-state index is -0.825. The number of rotatable bonds is 1. The van der Waals surface area contributed by atoms with Crippen molar-refractivity contribution < 1.29 is 4.79 Å². The molecule has 1 nitrogen and oxygen atoms in total. The fraction of sp³-hybridized carbons (Fsp3) is 0.250. The first-order chi connectivity index (χ1) is 7.06. The number of halogens is 2. The lowest BCUT2D eigenvalue weighted by Crippen LogP contribution is -2.39. The number of fused-ring (bicyclic) bond motifs is 1. The molecule has 1 aromatic carbocycles. The van der Waals surface area contributed by atoms with Gasteiger partial charge in [0.15, 0.2) is 5.78 Å². The van der Waals surface area contributed by atoms with Gasteiger partial charge in [-0.3, -0.25) is 4.79 Å². The van der Waals surface area contributed by atoms with Crippen molar-refractivity contribution in [2.75, 3.05) is 0 Å². The Hall–Kier alpha value is -0.790. The van der Waals surface area contributed by atoms with Crippen LogP contribution >= 0.6 is 23.2 Å². The summed E-state index contributed by atoms with van der Waals surface area (Å²) in [5, 5.41) is 0. The molecule has 0 fully saturated rings. The molecule has 3 heteroatoms. The van der Waals surface area contributed by atoms with Crippen molar-refractivity contribution in [1.82, 2.24) is 0 Å². The van der Waals surface area contributed by atoms with Gasteiger partial charge < -0.3 is 0 Å². The number of ketones is 1. The molecular weight excluding hydrogens is 231 g/mol. The van der Waals surface area contributed by atoms with Crippen LogP contribution in [0.1, 0.15) is 18.1 Å². The summed E-state index contributed by atoms with van der Waals surface area (Å²) < 4.78 is 0. The first-order valence-electron chi connectivity index (χ1n) is 4.67. The molecule has 1 atom stereocenters. The van der Waals surface area contributed by atoms with Crippen molar-refractivity contribution in [2.24, 2.45) is 0 Å². The molecule has 0 spiro atoms. The normalized spacial score (nSPS) is 24.4. The average molecular weight is 241 g/mol. The highest BCUT2D eigenvalue weighted by molar-refractivity contribution is 6.47. The number of benzene rings is 1. The Morgan fingerprint density at radius 3 is 2.53 bits per heavy atom. The fourth-order valence-corrected chi connectivity index (χ4v) is 2.26. The van der Waals surface area contributed by atoms with Crippen molar-refractivity contribution in [3.63, 3.8) is 0 Å². The predicted octanol–water partition coefficient (Wildman–Crippen LogP) is 3.34. The van der Waals surface area contributed by atoms with Crippen LogP contribution < -0.4 is 0 Å². The van der Waals surface area contributed by atoms with Crippen LogP contribution in [0.25, 0.3) is 6.08 Å². The minimum absolute atomic E-state index is 0.0452. The van der Waals surface area contributed by atoms with Gasteiger partial charge in [-0.2, -0.15) is 0 Å². The van der Waals surface area contributed by atoms with Gasteiger partial charge in [0.1, 0.15) is 4.84 Å². The van der Waals surface area contributed by atoms with E-state index in [0.29, 0.717) is 0 Å².